The molecule has 1 aromatic carbocycles. The van der Waals surface area contributed by atoms with E-state index in [1.54, 1.807) is 11.3 Å². The number of rotatable bonds is 13. The molecule has 0 radical (unpaired) electrons. The van der Waals surface area contributed by atoms with Gasteiger partial charge in [-0.25, -0.2) is 4.98 Å². The first kappa shape index (κ1) is 30.3. The summed E-state index contributed by atoms with van der Waals surface area (Å²) in [6.45, 7) is 16.4. The second kappa shape index (κ2) is 13.8. The minimum Gasteiger partial charge on any atom is -0.340 e. The van der Waals surface area contributed by atoms with Gasteiger partial charge in [-0.15, -0.1) is 11.3 Å². The van der Waals surface area contributed by atoms with E-state index in [2.05, 4.69) is 73.8 Å². The predicted molar refractivity (Wildman–Crippen MR) is 165 cm³/mol. The Morgan fingerprint density at radius 2 is 1.88 bits per heavy atom. The molecule has 0 aliphatic carbocycles. The van der Waals surface area contributed by atoms with Crippen LogP contribution in [0.3, 0.4) is 0 Å². The summed E-state index contributed by atoms with van der Waals surface area (Å²) in [7, 11) is 0. The number of nitrogens with one attached hydrogen (secondary N) is 1. The Hall–Kier alpha value is -2.71. The van der Waals surface area contributed by atoms with Gasteiger partial charge in [0.05, 0.1) is 11.0 Å². The molecule has 2 amide bonds. The fraction of sp³-hybridized carbons (Fsp3) is 0.594. The standard InChI is InChI=1S/C32H47N5O2S/c1-7-24(8-2)37-29-14-13-23(19-27(29)33-30(37)20-26-12-11-17-40-26)31(38)34-28(18-22(5)6)32(39)36-16-15-25(21-36)35(9-3)10-4/h11-14,17,19,22,24-25,28H,7-10,15-16,18,20-21H2,1-6H3,(H,34,38)/t25?,28-/m0/s1. The summed E-state index contributed by atoms with van der Waals surface area (Å²) in [5.41, 5.74) is 2.44. The number of hydrogen-bond donors (Lipinski definition) is 1. The Labute approximate surface area is 243 Å². The van der Waals surface area contributed by atoms with E-state index < -0.39 is 6.04 Å². The number of carbonyl (C=O) groups excluding carboxylic acids is 2. The van der Waals surface area contributed by atoms with Crippen LogP contribution in [0.4, 0.5) is 0 Å². The first-order chi connectivity index (χ1) is 19.3. The Morgan fingerprint density at radius 1 is 1.12 bits per heavy atom. The van der Waals surface area contributed by atoms with Gasteiger partial charge in [0, 0.05) is 42.0 Å². The number of nitrogens with zero attached hydrogens (tertiary/aromatic N) is 4. The molecule has 0 bridgehead atoms. The van der Waals surface area contributed by atoms with Gasteiger partial charge in [0.25, 0.3) is 5.91 Å². The van der Waals surface area contributed by atoms with E-state index >= 15 is 0 Å². The van der Waals surface area contributed by atoms with Crippen molar-refractivity contribution in [3.63, 3.8) is 0 Å². The second-order valence-corrected chi connectivity index (χ2v) is 12.5. The number of likely N-dealkylation sites (N-methyl/N-ethyl adjacent to an activating group) is 1. The highest BCUT2D eigenvalue weighted by atomic mass is 32.1. The molecule has 1 aliphatic rings. The third kappa shape index (κ3) is 6.77. The van der Waals surface area contributed by atoms with Crippen molar-refractivity contribution < 1.29 is 9.59 Å². The van der Waals surface area contributed by atoms with Crippen LogP contribution < -0.4 is 5.32 Å². The van der Waals surface area contributed by atoms with Crippen LogP contribution in [0.1, 0.15) is 94.3 Å². The van der Waals surface area contributed by atoms with E-state index in [0.29, 0.717) is 24.1 Å². The van der Waals surface area contributed by atoms with Crippen LogP contribution in [0.5, 0.6) is 0 Å². The Morgan fingerprint density at radius 3 is 2.50 bits per heavy atom. The van der Waals surface area contributed by atoms with Crippen LogP contribution in [0, 0.1) is 5.92 Å². The average molecular weight is 566 g/mol. The molecule has 1 aliphatic heterocycles. The van der Waals surface area contributed by atoms with Crippen molar-refractivity contribution in [3.05, 3.63) is 52.0 Å². The Kier molecular flexibility index (Phi) is 10.4. The molecule has 3 aromatic rings. The smallest absolute Gasteiger partial charge is 0.252 e. The van der Waals surface area contributed by atoms with Crippen LogP contribution >= 0.6 is 11.3 Å². The Bertz CT molecular complexity index is 1260. The summed E-state index contributed by atoms with van der Waals surface area (Å²) >= 11 is 1.74. The Balaban J connectivity index is 1.56. The molecular weight excluding hydrogens is 518 g/mol. The molecular formula is C32H47N5O2S. The maximum absolute atomic E-state index is 13.6. The summed E-state index contributed by atoms with van der Waals surface area (Å²) in [5, 5.41) is 5.20. The molecule has 1 N–H and O–H groups in total. The van der Waals surface area contributed by atoms with Gasteiger partial charge in [0.1, 0.15) is 11.9 Å². The summed E-state index contributed by atoms with van der Waals surface area (Å²) in [4.78, 5) is 37.8. The van der Waals surface area contributed by atoms with Crippen molar-refractivity contribution >= 4 is 34.2 Å². The lowest BCUT2D eigenvalue weighted by molar-refractivity contribution is -0.132. The zero-order valence-corrected chi connectivity index (χ0v) is 26.0. The molecule has 2 aromatic heterocycles. The van der Waals surface area contributed by atoms with Gasteiger partial charge in [-0.3, -0.25) is 14.5 Å². The zero-order chi connectivity index (χ0) is 28.8. The maximum Gasteiger partial charge on any atom is 0.252 e. The summed E-state index contributed by atoms with van der Waals surface area (Å²) in [5.74, 6) is 1.15. The number of benzene rings is 1. The number of imidazole rings is 1. The van der Waals surface area contributed by atoms with Crippen molar-refractivity contribution in [1.82, 2.24) is 24.7 Å². The predicted octanol–water partition coefficient (Wildman–Crippen LogP) is 6.14. The second-order valence-electron chi connectivity index (χ2n) is 11.4. The SMILES string of the molecule is CCC(CC)n1c(Cc2cccs2)nc2cc(C(=O)N[C@@H](CC(C)C)C(=O)N3CCC(N(CC)CC)C3)ccc21. The number of aromatic nitrogens is 2. The van der Waals surface area contributed by atoms with E-state index in [1.807, 2.05) is 23.1 Å². The number of carbonyl (C=O) groups is 2. The monoisotopic (exact) mass is 565 g/mol. The van der Waals surface area contributed by atoms with Gasteiger partial charge in [0.15, 0.2) is 0 Å². The molecule has 1 saturated heterocycles. The molecule has 0 spiro atoms. The molecule has 3 heterocycles. The van der Waals surface area contributed by atoms with Gasteiger partial charge in [-0.05, 0) is 74.3 Å². The van der Waals surface area contributed by atoms with Crippen molar-refractivity contribution in [3.8, 4) is 0 Å². The lowest BCUT2D eigenvalue weighted by Gasteiger charge is -2.28. The molecule has 0 saturated carbocycles. The molecule has 40 heavy (non-hydrogen) atoms. The number of amides is 2. The third-order valence-corrected chi connectivity index (χ3v) is 9.24. The van der Waals surface area contributed by atoms with Crippen molar-refractivity contribution in [2.45, 2.75) is 91.8 Å². The first-order valence-corrected chi connectivity index (χ1v) is 16.0. The highest BCUT2D eigenvalue weighted by Gasteiger charge is 2.34. The van der Waals surface area contributed by atoms with Crippen LogP contribution in [0.15, 0.2) is 35.7 Å². The van der Waals surface area contributed by atoms with Gasteiger partial charge < -0.3 is 14.8 Å². The molecule has 8 heteroatoms. The van der Waals surface area contributed by atoms with Crippen LogP contribution in [-0.2, 0) is 11.2 Å². The lowest BCUT2D eigenvalue weighted by atomic mass is 10.0. The molecule has 1 unspecified atom stereocenters. The number of hydrogen-bond acceptors (Lipinski definition) is 5. The quantitative estimate of drug-likeness (QED) is 0.270. The number of fused-ring (bicyclic) bond motifs is 1. The third-order valence-electron chi connectivity index (χ3n) is 8.36. The molecule has 2 atom stereocenters. The van der Waals surface area contributed by atoms with Crippen LogP contribution in [-0.4, -0.2) is 69.4 Å². The fourth-order valence-corrected chi connectivity index (χ4v) is 6.88. The summed E-state index contributed by atoms with van der Waals surface area (Å²) in [6, 6.07) is 10.3. The maximum atomic E-state index is 13.6. The van der Waals surface area contributed by atoms with E-state index in [4.69, 9.17) is 4.98 Å². The van der Waals surface area contributed by atoms with E-state index in [-0.39, 0.29) is 17.7 Å². The zero-order valence-electron chi connectivity index (χ0n) is 25.2. The van der Waals surface area contributed by atoms with Gasteiger partial charge in [-0.1, -0.05) is 47.6 Å². The highest BCUT2D eigenvalue weighted by Crippen LogP contribution is 2.28. The van der Waals surface area contributed by atoms with E-state index in [9.17, 15) is 9.59 Å². The van der Waals surface area contributed by atoms with Gasteiger partial charge >= 0.3 is 0 Å². The van der Waals surface area contributed by atoms with E-state index in [0.717, 1.165) is 68.7 Å². The fourth-order valence-electron chi connectivity index (χ4n) is 6.18. The highest BCUT2D eigenvalue weighted by molar-refractivity contribution is 7.09. The molecule has 218 valence electrons. The minimum absolute atomic E-state index is 0.0361. The van der Waals surface area contributed by atoms with Gasteiger partial charge in [0.2, 0.25) is 5.91 Å². The lowest BCUT2D eigenvalue weighted by Crippen LogP contribution is -2.49. The van der Waals surface area contributed by atoms with Crippen molar-refractivity contribution in [1.29, 1.82) is 0 Å². The topological polar surface area (TPSA) is 70.5 Å². The van der Waals surface area contributed by atoms with Crippen LogP contribution in [0.25, 0.3) is 11.0 Å². The molecule has 1 fully saturated rings. The number of thiophene rings is 1. The van der Waals surface area contributed by atoms with Crippen LogP contribution in [0.2, 0.25) is 0 Å². The largest absolute Gasteiger partial charge is 0.340 e. The minimum atomic E-state index is -0.532. The first-order valence-electron chi connectivity index (χ1n) is 15.2. The summed E-state index contributed by atoms with van der Waals surface area (Å²) in [6.07, 6.45) is 4.42. The van der Waals surface area contributed by atoms with Crippen molar-refractivity contribution in [2.75, 3.05) is 26.2 Å². The molecule has 7 nitrogen and oxygen atoms in total. The molecule has 4 rings (SSSR count). The number of likely N-dealkylation sites (tertiary alicyclic amines) is 1. The van der Waals surface area contributed by atoms with Gasteiger partial charge in [-0.2, -0.15) is 0 Å². The normalized spacial score (nSPS) is 16.5. The van der Waals surface area contributed by atoms with Crippen molar-refractivity contribution in [2.24, 2.45) is 5.92 Å². The average Bonchev–Trinajstić information content (AvgIpc) is 3.70. The van der Waals surface area contributed by atoms with E-state index in [1.165, 1.54) is 4.88 Å². The summed E-state index contributed by atoms with van der Waals surface area (Å²) < 4.78 is 2.36.